The molecular formula is C18H17NO2. The summed E-state index contributed by atoms with van der Waals surface area (Å²) >= 11 is 0. The zero-order valence-corrected chi connectivity index (χ0v) is 11.7. The van der Waals surface area contributed by atoms with Gasteiger partial charge < -0.3 is 9.64 Å². The van der Waals surface area contributed by atoms with Gasteiger partial charge in [0.05, 0.1) is 12.1 Å². The summed E-state index contributed by atoms with van der Waals surface area (Å²) in [7, 11) is 0. The Bertz CT molecular complexity index is 641. The first-order chi connectivity index (χ1) is 10.3. The fraction of sp³-hybridized carbons (Fsp3) is 0.278. The molecule has 2 aliphatic rings. The van der Waals surface area contributed by atoms with Gasteiger partial charge in [-0.05, 0) is 24.1 Å². The summed E-state index contributed by atoms with van der Waals surface area (Å²) < 4.78 is 6.07. The Morgan fingerprint density at radius 2 is 1.67 bits per heavy atom. The van der Waals surface area contributed by atoms with Gasteiger partial charge >= 0.3 is 0 Å². The number of carbonyl (C=O) groups excluding carboxylic acids is 1. The van der Waals surface area contributed by atoms with Crippen LogP contribution in [0.3, 0.4) is 0 Å². The highest BCUT2D eigenvalue weighted by atomic mass is 16.5. The molecule has 2 saturated heterocycles. The number of rotatable bonds is 2. The molecule has 2 aliphatic heterocycles. The quantitative estimate of drug-likeness (QED) is 0.845. The number of nitrogens with zero attached hydrogens (tertiary/aromatic N) is 1. The van der Waals surface area contributed by atoms with Crippen molar-refractivity contribution in [1.29, 1.82) is 0 Å². The Labute approximate surface area is 124 Å². The van der Waals surface area contributed by atoms with Crippen molar-refractivity contribution < 1.29 is 9.53 Å². The van der Waals surface area contributed by atoms with Gasteiger partial charge in [-0.1, -0.05) is 48.5 Å². The molecule has 0 saturated carbocycles. The third-order valence-corrected chi connectivity index (χ3v) is 4.40. The lowest BCUT2D eigenvalue weighted by molar-refractivity contribution is -0.0280. The third-order valence-electron chi connectivity index (χ3n) is 4.40. The van der Waals surface area contributed by atoms with Gasteiger partial charge in [0, 0.05) is 12.1 Å². The lowest BCUT2D eigenvalue weighted by atomic mass is 10.0. The van der Waals surface area contributed by atoms with E-state index in [1.54, 1.807) is 0 Å². The molecule has 3 nitrogen and oxygen atoms in total. The van der Waals surface area contributed by atoms with Crippen LogP contribution in [0.25, 0.3) is 0 Å². The molecule has 106 valence electrons. The minimum atomic E-state index is 0.0117. The molecule has 0 N–H and O–H groups in total. The van der Waals surface area contributed by atoms with Crippen LogP contribution in [0.4, 0.5) is 0 Å². The molecule has 2 fully saturated rings. The Morgan fingerprint density at radius 3 is 2.33 bits per heavy atom. The second-order valence-corrected chi connectivity index (χ2v) is 5.72. The summed E-state index contributed by atoms with van der Waals surface area (Å²) in [5.41, 5.74) is 1.92. The maximum absolute atomic E-state index is 12.7. The number of hydrogen-bond donors (Lipinski definition) is 0. The van der Waals surface area contributed by atoms with Crippen LogP contribution in [-0.4, -0.2) is 29.5 Å². The molecule has 4 rings (SSSR count). The summed E-state index contributed by atoms with van der Waals surface area (Å²) in [6.45, 7) is 0.710. The van der Waals surface area contributed by atoms with Gasteiger partial charge in [0.2, 0.25) is 0 Å². The first-order valence-corrected chi connectivity index (χ1v) is 7.39. The largest absolute Gasteiger partial charge is 0.366 e. The molecule has 0 aliphatic carbocycles. The van der Waals surface area contributed by atoms with E-state index in [1.165, 1.54) is 0 Å². The SMILES string of the molecule is O=C(c1ccccc1)N1C[C@H]2C[C@@H]1[C@H](c1ccccc1)O2. The Kier molecular flexibility index (Phi) is 3.00. The van der Waals surface area contributed by atoms with Crippen LogP contribution in [0.15, 0.2) is 60.7 Å². The van der Waals surface area contributed by atoms with Crippen molar-refractivity contribution in [2.45, 2.75) is 24.7 Å². The second kappa shape index (κ2) is 5.01. The number of ether oxygens (including phenoxy) is 1. The van der Waals surface area contributed by atoms with Gasteiger partial charge in [0.15, 0.2) is 0 Å². The predicted molar refractivity (Wildman–Crippen MR) is 79.9 cm³/mol. The molecule has 0 spiro atoms. The normalized spacial score (nSPS) is 27.0. The van der Waals surface area contributed by atoms with E-state index in [0.717, 1.165) is 17.5 Å². The van der Waals surface area contributed by atoms with Crippen molar-refractivity contribution in [2.24, 2.45) is 0 Å². The van der Waals surface area contributed by atoms with Crippen LogP contribution < -0.4 is 0 Å². The topological polar surface area (TPSA) is 29.5 Å². The van der Waals surface area contributed by atoms with Gasteiger partial charge in [-0.2, -0.15) is 0 Å². The van der Waals surface area contributed by atoms with Gasteiger partial charge in [0.1, 0.15) is 6.10 Å². The lowest BCUT2D eigenvalue weighted by Crippen LogP contribution is -2.43. The van der Waals surface area contributed by atoms with E-state index in [4.69, 9.17) is 4.74 Å². The maximum Gasteiger partial charge on any atom is 0.254 e. The zero-order valence-electron chi connectivity index (χ0n) is 11.7. The van der Waals surface area contributed by atoms with Crippen molar-refractivity contribution in [1.82, 2.24) is 4.90 Å². The summed E-state index contributed by atoms with van der Waals surface area (Å²) in [5.74, 6) is 0.118. The molecule has 0 aromatic heterocycles. The predicted octanol–water partition coefficient (Wildman–Crippen LogP) is 3.04. The Balaban J connectivity index is 1.60. The van der Waals surface area contributed by atoms with Crippen LogP contribution >= 0.6 is 0 Å². The van der Waals surface area contributed by atoms with Crippen LogP contribution in [0.2, 0.25) is 0 Å². The van der Waals surface area contributed by atoms with Gasteiger partial charge in [-0.3, -0.25) is 4.79 Å². The van der Waals surface area contributed by atoms with E-state index in [0.29, 0.717) is 6.54 Å². The van der Waals surface area contributed by atoms with E-state index in [1.807, 2.05) is 53.4 Å². The van der Waals surface area contributed by atoms with E-state index in [-0.39, 0.29) is 24.2 Å². The van der Waals surface area contributed by atoms with Gasteiger partial charge in [-0.25, -0.2) is 0 Å². The van der Waals surface area contributed by atoms with Gasteiger partial charge in [0.25, 0.3) is 5.91 Å². The van der Waals surface area contributed by atoms with Crippen molar-refractivity contribution in [3.63, 3.8) is 0 Å². The molecular weight excluding hydrogens is 262 g/mol. The summed E-state index contributed by atoms with van der Waals surface area (Å²) in [5, 5.41) is 0. The molecule has 2 bridgehead atoms. The molecule has 0 radical (unpaired) electrons. The van der Waals surface area contributed by atoms with Gasteiger partial charge in [-0.15, -0.1) is 0 Å². The zero-order chi connectivity index (χ0) is 14.2. The lowest BCUT2D eigenvalue weighted by Gasteiger charge is -2.33. The molecule has 2 aromatic carbocycles. The number of benzene rings is 2. The average molecular weight is 279 g/mol. The first kappa shape index (κ1) is 12.6. The van der Waals surface area contributed by atoms with Crippen LogP contribution in [0.1, 0.15) is 28.4 Å². The standard InChI is InChI=1S/C18H17NO2/c20-18(14-9-5-2-6-10-14)19-12-15-11-16(19)17(21-15)13-7-3-1-4-8-13/h1-10,15-17H,11-12H2/t15-,16-,17+/m1/s1. The minimum Gasteiger partial charge on any atom is -0.366 e. The van der Waals surface area contributed by atoms with E-state index >= 15 is 0 Å². The summed E-state index contributed by atoms with van der Waals surface area (Å²) in [6.07, 6.45) is 1.13. The molecule has 1 amide bonds. The van der Waals surface area contributed by atoms with Crippen LogP contribution in [0, 0.1) is 0 Å². The second-order valence-electron chi connectivity index (χ2n) is 5.72. The highest BCUT2D eigenvalue weighted by molar-refractivity contribution is 5.94. The highest BCUT2D eigenvalue weighted by Gasteiger charge is 2.48. The van der Waals surface area contributed by atoms with E-state index < -0.39 is 0 Å². The fourth-order valence-corrected chi connectivity index (χ4v) is 3.43. The molecule has 3 atom stereocenters. The monoisotopic (exact) mass is 279 g/mol. The number of hydrogen-bond acceptors (Lipinski definition) is 2. The molecule has 0 unspecified atom stereocenters. The first-order valence-electron chi connectivity index (χ1n) is 7.39. The Hall–Kier alpha value is -2.13. The Morgan fingerprint density at radius 1 is 1.00 bits per heavy atom. The highest BCUT2D eigenvalue weighted by Crippen LogP contribution is 2.42. The van der Waals surface area contributed by atoms with Crippen molar-refractivity contribution >= 4 is 5.91 Å². The number of amides is 1. The number of fused-ring (bicyclic) bond motifs is 2. The summed E-state index contributed by atoms with van der Waals surface area (Å²) in [6, 6.07) is 19.9. The smallest absolute Gasteiger partial charge is 0.254 e. The van der Waals surface area contributed by atoms with E-state index in [9.17, 15) is 4.79 Å². The van der Waals surface area contributed by atoms with Crippen LogP contribution in [-0.2, 0) is 4.74 Å². The molecule has 21 heavy (non-hydrogen) atoms. The molecule has 2 aromatic rings. The van der Waals surface area contributed by atoms with Crippen LogP contribution in [0.5, 0.6) is 0 Å². The number of likely N-dealkylation sites (tertiary alicyclic amines) is 1. The van der Waals surface area contributed by atoms with E-state index in [2.05, 4.69) is 12.1 Å². The third kappa shape index (κ3) is 2.14. The van der Waals surface area contributed by atoms with Crippen molar-refractivity contribution in [2.75, 3.05) is 6.54 Å². The maximum atomic E-state index is 12.7. The van der Waals surface area contributed by atoms with Crippen molar-refractivity contribution in [3.05, 3.63) is 71.8 Å². The molecule has 2 heterocycles. The number of carbonyl (C=O) groups is 1. The number of morpholine rings is 1. The average Bonchev–Trinajstić information content (AvgIpc) is 3.16. The van der Waals surface area contributed by atoms with Crippen molar-refractivity contribution in [3.8, 4) is 0 Å². The summed E-state index contributed by atoms with van der Waals surface area (Å²) in [4.78, 5) is 14.7. The molecule has 3 heteroatoms. The minimum absolute atomic E-state index is 0.0117. The fourth-order valence-electron chi connectivity index (χ4n) is 3.43.